The fourth-order valence-electron chi connectivity index (χ4n) is 4.77. The van der Waals surface area contributed by atoms with Gasteiger partial charge in [-0.05, 0) is 55.7 Å². The van der Waals surface area contributed by atoms with Crippen molar-refractivity contribution >= 4 is 54.9 Å². The van der Waals surface area contributed by atoms with Crippen LogP contribution in [-0.2, 0) is 6.42 Å². The summed E-state index contributed by atoms with van der Waals surface area (Å²) in [4.78, 5) is 15.1. The highest BCUT2D eigenvalue weighted by molar-refractivity contribution is 7.19. The van der Waals surface area contributed by atoms with Crippen LogP contribution < -0.4 is 5.32 Å². The molecule has 0 aliphatic heterocycles. The number of H-pyrrole nitrogens is 1. The lowest BCUT2D eigenvalue weighted by Crippen LogP contribution is -1.98. The van der Waals surface area contributed by atoms with Gasteiger partial charge in [0.25, 0.3) is 0 Å². The minimum absolute atomic E-state index is 0.246. The normalized spacial score (nSPS) is 11.6. The summed E-state index contributed by atoms with van der Waals surface area (Å²) in [6.45, 7) is 6.16. The van der Waals surface area contributed by atoms with Gasteiger partial charge in [0.15, 0.2) is 0 Å². The van der Waals surface area contributed by atoms with E-state index in [1.54, 1.807) is 11.3 Å². The molecule has 0 aliphatic rings. The number of hydrogen-bond acceptors (Lipinski definition) is 4. The Morgan fingerprint density at radius 3 is 2.59 bits per heavy atom. The molecule has 6 rings (SSSR count). The summed E-state index contributed by atoms with van der Waals surface area (Å²) < 4.78 is 13.6. The summed E-state index contributed by atoms with van der Waals surface area (Å²) in [5, 5.41) is 6.96. The predicted octanol–water partition coefficient (Wildman–Crippen LogP) is 8.05. The first kappa shape index (κ1) is 20.8. The van der Waals surface area contributed by atoms with Crippen molar-refractivity contribution in [2.45, 2.75) is 27.2 Å². The molecule has 34 heavy (non-hydrogen) atoms. The number of halogens is 1. The molecule has 0 saturated heterocycles. The molecule has 0 radical (unpaired) electrons. The van der Waals surface area contributed by atoms with Crippen LogP contribution in [-0.4, -0.2) is 15.0 Å². The van der Waals surface area contributed by atoms with Gasteiger partial charge in [-0.25, -0.2) is 14.4 Å². The van der Waals surface area contributed by atoms with Crippen LogP contribution in [0.2, 0.25) is 0 Å². The third-order valence-electron chi connectivity index (χ3n) is 6.34. The molecule has 0 aliphatic carbocycles. The molecule has 2 N–H and O–H groups in total. The molecule has 3 aromatic carbocycles. The van der Waals surface area contributed by atoms with E-state index in [4.69, 9.17) is 4.98 Å². The Balaban J connectivity index is 1.50. The van der Waals surface area contributed by atoms with E-state index in [2.05, 4.69) is 65.5 Å². The van der Waals surface area contributed by atoms with Crippen molar-refractivity contribution in [3.63, 3.8) is 0 Å². The van der Waals surface area contributed by atoms with Crippen LogP contribution >= 0.6 is 11.3 Å². The highest BCUT2D eigenvalue weighted by atomic mass is 32.1. The van der Waals surface area contributed by atoms with Gasteiger partial charge in [0.2, 0.25) is 0 Å². The van der Waals surface area contributed by atoms with Gasteiger partial charge in [-0.1, -0.05) is 43.3 Å². The van der Waals surface area contributed by atoms with Gasteiger partial charge in [0.1, 0.15) is 22.3 Å². The molecule has 0 fully saturated rings. The van der Waals surface area contributed by atoms with Gasteiger partial charge in [-0.15, -0.1) is 11.3 Å². The Morgan fingerprint density at radius 2 is 1.79 bits per heavy atom. The van der Waals surface area contributed by atoms with Gasteiger partial charge < -0.3 is 10.3 Å². The molecule has 0 spiro atoms. The van der Waals surface area contributed by atoms with E-state index < -0.39 is 0 Å². The molecule has 0 amide bonds. The molecule has 6 heteroatoms. The number of nitrogens with one attached hydrogen (secondary N) is 2. The van der Waals surface area contributed by atoms with Crippen LogP contribution in [0.1, 0.15) is 23.2 Å². The Labute approximate surface area is 200 Å². The van der Waals surface area contributed by atoms with Crippen molar-refractivity contribution in [1.82, 2.24) is 15.0 Å². The first-order valence-electron chi connectivity index (χ1n) is 11.4. The van der Waals surface area contributed by atoms with Crippen molar-refractivity contribution in [2.24, 2.45) is 0 Å². The standard InChI is InChI=1S/C28H23FN4S/c1-4-17-6-5-7-22-21-13-12-20(14-23(21)33-26(17)22)32-27-25-24(18-8-10-19(29)11-9-18)15(2)34-28(25)31-16(3)30-27/h5-14,33H,4H2,1-3H3,(H,30,31,32). The lowest BCUT2D eigenvalue weighted by molar-refractivity contribution is 0.628. The van der Waals surface area contributed by atoms with Crippen molar-refractivity contribution in [2.75, 3.05) is 5.32 Å². The molecule has 0 bridgehead atoms. The molecular formula is C28H23FN4S. The zero-order chi connectivity index (χ0) is 23.4. The number of rotatable bonds is 4. The molecule has 0 saturated carbocycles. The van der Waals surface area contributed by atoms with E-state index in [-0.39, 0.29) is 5.82 Å². The maximum absolute atomic E-state index is 13.6. The summed E-state index contributed by atoms with van der Waals surface area (Å²) in [5.74, 6) is 1.22. The third kappa shape index (κ3) is 3.33. The Bertz CT molecular complexity index is 1700. The van der Waals surface area contributed by atoms with Gasteiger partial charge in [-0.3, -0.25) is 0 Å². The number of hydrogen-bond donors (Lipinski definition) is 2. The lowest BCUT2D eigenvalue weighted by Gasteiger charge is -2.10. The van der Waals surface area contributed by atoms with Gasteiger partial charge in [-0.2, -0.15) is 0 Å². The van der Waals surface area contributed by atoms with Crippen LogP contribution in [0, 0.1) is 19.7 Å². The van der Waals surface area contributed by atoms with Gasteiger partial charge >= 0.3 is 0 Å². The molecule has 3 aromatic heterocycles. The summed E-state index contributed by atoms with van der Waals surface area (Å²) in [6, 6.07) is 19.5. The van der Waals surface area contributed by atoms with E-state index in [0.717, 1.165) is 49.7 Å². The molecule has 168 valence electrons. The first-order valence-corrected chi connectivity index (χ1v) is 12.2. The quantitative estimate of drug-likeness (QED) is 0.276. The van der Waals surface area contributed by atoms with Crippen LogP contribution in [0.5, 0.6) is 0 Å². The maximum atomic E-state index is 13.6. The topological polar surface area (TPSA) is 53.6 Å². The third-order valence-corrected chi connectivity index (χ3v) is 7.34. The second-order valence-electron chi connectivity index (χ2n) is 8.54. The summed E-state index contributed by atoms with van der Waals surface area (Å²) in [7, 11) is 0. The number of aryl methyl sites for hydroxylation is 3. The molecule has 0 atom stereocenters. The van der Waals surface area contributed by atoms with Crippen LogP contribution in [0.4, 0.5) is 15.9 Å². The van der Waals surface area contributed by atoms with E-state index in [1.807, 2.05) is 19.1 Å². The second kappa shape index (κ2) is 7.92. The van der Waals surface area contributed by atoms with Crippen molar-refractivity contribution in [3.05, 3.63) is 82.7 Å². The largest absolute Gasteiger partial charge is 0.354 e. The van der Waals surface area contributed by atoms with E-state index >= 15 is 0 Å². The highest BCUT2D eigenvalue weighted by Gasteiger charge is 2.18. The van der Waals surface area contributed by atoms with Crippen LogP contribution in [0.25, 0.3) is 43.1 Å². The van der Waals surface area contributed by atoms with Gasteiger partial charge in [0, 0.05) is 37.9 Å². The smallest absolute Gasteiger partial charge is 0.143 e. The van der Waals surface area contributed by atoms with Gasteiger partial charge in [0.05, 0.1) is 5.39 Å². The highest BCUT2D eigenvalue weighted by Crippen LogP contribution is 2.41. The van der Waals surface area contributed by atoms with E-state index in [0.29, 0.717) is 5.82 Å². The number of nitrogens with zero attached hydrogens (tertiary/aromatic N) is 2. The SMILES string of the molecule is CCc1cccc2c1[nH]c1cc(Nc3nc(C)nc4sc(C)c(-c5ccc(F)cc5)c34)ccc12. The number of para-hydroxylation sites is 1. The predicted molar refractivity (Wildman–Crippen MR) is 141 cm³/mol. The van der Waals surface area contributed by atoms with Crippen molar-refractivity contribution < 1.29 is 4.39 Å². The zero-order valence-corrected chi connectivity index (χ0v) is 20.0. The number of aromatic amines is 1. The Kier molecular flexibility index (Phi) is 4.85. The second-order valence-corrected chi connectivity index (χ2v) is 9.75. The molecule has 6 aromatic rings. The van der Waals surface area contributed by atoms with Crippen LogP contribution in [0.15, 0.2) is 60.7 Å². The number of benzene rings is 3. The minimum Gasteiger partial charge on any atom is -0.354 e. The van der Waals surface area contributed by atoms with Crippen LogP contribution in [0.3, 0.4) is 0 Å². The van der Waals surface area contributed by atoms with Crippen molar-refractivity contribution in [1.29, 1.82) is 0 Å². The average Bonchev–Trinajstić information content (AvgIpc) is 3.36. The van der Waals surface area contributed by atoms with E-state index in [1.165, 1.54) is 34.0 Å². The number of aromatic nitrogens is 3. The summed E-state index contributed by atoms with van der Waals surface area (Å²) in [6.07, 6.45) is 0.983. The number of anilines is 2. The fraction of sp³-hybridized carbons (Fsp3) is 0.143. The average molecular weight is 467 g/mol. The summed E-state index contributed by atoms with van der Waals surface area (Å²) in [5.41, 5.74) is 6.55. The molecule has 4 nitrogen and oxygen atoms in total. The van der Waals surface area contributed by atoms with E-state index in [9.17, 15) is 4.39 Å². The zero-order valence-electron chi connectivity index (χ0n) is 19.2. The Morgan fingerprint density at radius 1 is 0.971 bits per heavy atom. The molecule has 0 unspecified atom stereocenters. The summed E-state index contributed by atoms with van der Waals surface area (Å²) >= 11 is 1.64. The monoisotopic (exact) mass is 466 g/mol. The number of fused-ring (bicyclic) bond motifs is 4. The first-order chi connectivity index (χ1) is 16.5. The van der Waals surface area contributed by atoms with Crippen molar-refractivity contribution in [3.8, 4) is 11.1 Å². The fourth-order valence-corrected chi connectivity index (χ4v) is 5.86. The number of thiophene rings is 1. The Hall–Kier alpha value is -3.77. The molecule has 3 heterocycles. The molecular weight excluding hydrogens is 443 g/mol. The lowest BCUT2D eigenvalue weighted by atomic mass is 10.0. The maximum Gasteiger partial charge on any atom is 0.143 e. The minimum atomic E-state index is -0.246.